The van der Waals surface area contributed by atoms with Crippen molar-refractivity contribution in [3.8, 4) is 0 Å². The Morgan fingerprint density at radius 2 is 1.71 bits per heavy atom. The highest BCUT2D eigenvalue weighted by atomic mass is 32.1. The van der Waals surface area contributed by atoms with Crippen molar-refractivity contribution in [1.29, 1.82) is 0 Å². The van der Waals surface area contributed by atoms with Gasteiger partial charge in [-0.1, -0.05) is 0 Å². The molecule has 5 heteroatoms. The van der Waals surface area contributed by atoms with E-state index in [0.717, 1.165) is 13.1 Å². The third-order valence-corrected chi connectivity index (χ3v) is 6.88. The number of aromatic nitrogens is 2. The highest BCUT2D eigenvalue weighted by molar-refractivity contribution is 7.09. The van der Waals surface area contributed by atoms with E-state index in [1.807, 2.05) is 6.20 Å². The zero-order valence-corrected chi connectivity index (χ0v) is 15.5. The fraction of sp³-hybridized carbons (Fsp3) is 0.632. The predicted molar refractivity (Wildman–Crippen MR) is 99.0 cm³/mol. The Labute approximate surface area is 149 Å². The summed E-state index contributed by atoms with van der Waals surface area (Å²) >= 11 is 1.79. The lowest BCUT2D eigenvalue weighted by Crippen LogP contribution is -2.46. The van der Waals surface area contributed by atoms with E-state index in [4.69, 9.17) is 0 Å². The van der Waals surface area contributed by atoms with Gasteiger partial charge < -0.3 is 4.57 Å². The van der Waals surface area contributed by atoms with Gasteiger partial charge in [0.25, 0.3) is 0 Å². The Balaban J connectivity index is 1.26. The van der Waals surface area contributed by atoms with Crippen molar-refractivity contribution in [1.82, 2.24) is 19.4 Å². The van der Waals surface area contributed by atoms with Crippen molar-refractivity contribution in [2.45, 2.75) is 38.8 Å². The van der Waals surface area contributed by atoms with Crippen LogP contribution in [0.15, 0.2) is 29.9 Å². The zero-order valence-electron chi connectivity index (χ0n) is 14.7. The first-order valence-electron chi connectivity index (χ1n) is 9.16. The van der Waals surface area contributed by atoms with Crippen LogP contribution in [0, 0.1) is 5.41 Å². The van der Waals surface area contributed by atoms with Gasteiger partial charge in [0, 0.05) is 37.1 Å². The average molecular weight is 345 g/mol. The molecule has 0 aliphatic carbocycles. The van der Waals surface area contributed by atoms with E-state index < -0.39 is 0 Å². The van der Waals surface area contributed by atoms with E-state index in [-0.39, 0.29) is 0 Å². The minimum atomic E-state index is 0.615. The quantitative estimate of drug-likeness (QED) is 0.850. The maximum Gasteiger partial charge on any atom is 0.107 e. The van der Waals surface area contributed by atoms with Gasteiger partial charge in [0.05, 0.1) is 6.54 Å². The molecule has 0 atom stereocenters. The van der Waals surface area contributed by atoms with E-state index in [0.29, 0.717) is 5.41 Å². The van der Waals surface area contributed by atoms with E-state index in [9.17, 15) is 0 Å². The second kappa shape index (κ2) is 6.98. The topological polar surface area (TPSA) is 24.3 Å². The molecule has 0 bridgehead atoms. The van der Waals surface area contributed by atoms with Crippen molar-refractivity contribution in [3.05, 3.63) is 40.6 Å². The average Bonchev–Trinajstić information content (AvgIpc) is 3.25. The number of likely N-dealkylation sites (tertiary alicyclic amines) is 2. The molecule has 0 unspecified atom stereocenters. The summed E-state index contributed by atoms with van der Waals surface area (Å²) in [5, 5.41) is 3.35. The van der Waals surface area contributed by atoms with Crippen LogP contribution in [0.3, 0.4) is 0 Å². The minimum absolute atomic E-state index is 0.615. The SMILES string of the molecule is Cn1cccc1CN1CCC2(CCN(Cc3nccs3)CC2)CC1. The molecule has 24 heavy (non-hydrogen) atoms. The van der Waals surface area contributed by atoms with Gasteiger partial charge in [0.15, 0.2) is 0 Å². The lowest BCUT2D eigenvalue weighted by molar-refractivity contribution is 0.0294. The highest BCUT2D eigenvalue weighted by Crippen LogP contribution is 2.41. The molecule has 1 spiro atoms. The second-order valence-electron chi connectivity index (χ2n) is 7.59. The number of thiazole rings is 1. The van der Waals surface area contributed by atoms with E-state index in [2.05, 4.69) is 50.1 Å². The molecule has 4 heterocycles. The van der Waals surface area contributed by atoms with Crippen LogP contribution in [0.4, 0.5) is 0 Å². The van der Waals surface area contributed by atoms with Gasteiger partial charge in [0.1, 0.15) is 5.01 Å². The maximum absolute atomic E-state index is 4.43. The molecule has 2 aromatic rings. The Morgan fingerprint density at radius 3 is 2.25 bits per heavy atom. The van der Waals surface area contributed by atoms with Gasteiger partial charge >= 0.3 is 0 Å². The maximum atomic E-state index is 4.43. The number of hydrogen-bond donors (Lipinski definition) is 0. The molecule has 0 amide bonds. The van der Waals surface area contributed by atoms with E-state index >= 15 is 0 Å². The van der Waals surface area contributed by atoms with Crippen LogP contribution < -0.4 is 0 Å². The fourth-order valence-corrected chi connectivity index (χ4v) is 4.94. The van der Waals surface area contributed by atoms with E-state index in [1.165, 1.54) is 62.6 Å². The number of piperidine rings is 2. The van der Waals surface area contributed by atoms with Gasteiger partial charge in [-0.15, -0.1) is 11.3 Å². The van der Waals surface area contributed by atoms with E-state index in [1.54, 1.807) is 11.3 Å². The molecule has 2 fully saturated rings. The fourth-order valence-electron chi connectivity index (χ4n) is 4.28. The number of rotatable bonds is 4. The number of hydrogen-bond acceptors (Lipinski definition) is 4. The summed E-state index contributed by atoms with van der Waals surface area (Å²) in [4.78, 5) is 9.67. The third-order valence-electron chi connectivity index (χ3n) is 6.11. The molecule has 2 aliphatic rings. The summed E-state index contributed by atoms with van der Waals surface area (Å²) in [6.45, 7) is 7.17. The summed E-state index contributed by atoms with van der Waals surface area (Å²) in [5.41, 5.74) is 2.05. The predicted octanol–water partition coefficient (Wildman–Crippen LogP) is 3.36. The van der Waals surface area contributed by atoms with Gasteiger partial charge in [-0.05, 0) is 69.4 Å². The Hall–Kier alpha value is -1.17. The van der Waals surface area contributed by atoms with Crippen molar-refractivity contribution in [2.75, 3.05) is 26.2 Å². The highest BCUT2D eigenvalue weighted by Gasteiger charge is 2.37. The molecule has 0 saturated carbocycles. The Bertz CT molecular complexity index is 630. The third kappa shape index (κ3) is 3.58. The first-order valence-corrected chi connectivity index (χ1v) is 10.0. The molecule has 0 N–H and O–H groups in total. The molecule has 2 aliphatic heterocycles. The lowest BCUT2D eigenvalue weighted by Gasteiger charge is -2.46. The summed E-state index contributed by atoms with van der Waals surface area (Å²) in [6, 6.07) is 4.40. The lowest BCUT2D eigenvalue weighted by atomic mass is 9.71. The summed E-state index contributed by atoms with van der Waals surface area (Å²) < 4.78 is 2.25. The number of aryl methyl sites for hydroxylation is 1. The van der Waals surface area contributed by atoms with Crippen LogP contribution in [0.25, 0.3) is 0 Å². The van der Waals surface area contributed by atoms with Crippen molar-refractivity contribution in [2.24, 2.45) is 12.5 Å². The van der Waals surface area contributed by atoms with Crippen LogP contribution in [0.1, 0.15) is 36.4 Å². The molecule has 4 rings (SSSR count). The molecule has 2 aromatic heterocycles. The van der Waals surface area contributed by atoms with Crippen LogP contribution >= 0.6 is 11.3 Å². The largest absolute Gasteiger partial charge is 0.353 e. The first-order chi connectivity index (χ1) is 11.7. The van der Waals surface area contributed by atoms with Gasteiger partial charge in [-0.2, -0.15) is 0 Å². The van der Waals surface area contributed by atoms with Gasteiger partial charge in [-0.25, -0.2) is 4.98 Å². The molecule has 2 saturated heterocycles. The molecule has 4 nitrogen and oxygen atoms in total. The normalized spacial score (nSPS) is 22.2. The van der Waals surface area contributed by atoms with Crippen LogP contribution in [-0.4, -0.2) is 45.5 Å². The molecule has 0 aromatic carbocycles. The van der Waals surface area contributed by atoms with Crippen molar-refractivity contribution >= 4 is 11.3 Å². The minimum Gasteiger partial charge on any atom is -0.353 e. The Morgan fingerprint density at radius 1 is 1.04 bits per heavy atom. The smallest absolute Gasteiger partial charge is 0.107 e. The van der Waals surface area contributed by atoms with Gasteiger partial charge in [0.2, 0.25) is 0 Å². The monoisotopic (exact) mass is 344 g/mol. The summed E-state index contributed by atoms with van der Waals surface area (Å²) in [5.74, 6) is 0. The van der Waals surface area contributed by atoms with Crippen LogP contribution in [-0.2, 0) is 20.1 Å². The number of nitrogens with zero attached hydrogens (tertiary/aromatic N) is 4. The molecule has 130 valence electrons. The van der Waals surface area contributed by atoms with Crippen LogP contribution in [0.2, 0.25) is 0 Å². The molecular weight excluding hydrogens is 316 g/mol. The summed E-state index contributed by atoms with van der Waals surface area (Å²) in [6.07, 6.45) is 9.57. The molecule has 0 radical (unpaired) electrons. The second-order valence-corrected chi connectivity index (χ2v) is 8.57. The standard InChI is InChI=1S/C19H28N4S/c1-21-9-2-3-17(21)15-22-10-4-19(5-11-22)6-12-23(13-7-19)16-18-20-8-14-24-18/h2-3,8-9,14H,4-7,10-13,15-16H2,1H3. The van der Waals surface area contributed by atoms with Crippen molar-refractivity contribution < 1.29 is 0 Å². The molecular formula is C19H28N4S. The van der Waals surface area contributed by atoms with Crippen molar-refractivity contribution in [3.63, 3.8) is 0 Å². The summed E-state index contributed by atoms with van der Waals surface area (Å²) in [7, 11) is 2.15. The Kier molecular flexibility index (Phi) is 4.74. The van der Waals surface area contributed by atoms with Crippen LogP contribution in [0.5, 0.6) is 0 Å². The van der Waals surface area contributed by atoms with Gasteiger partial charge in [-0.3, -0.25) is 9.80 Å². The zero-order chi connectivity index (χ0) is 16.4. The first kappa shape index (κ1) is 16.3.